The number of carbonyl (C=O) groups is 1. The van der Waals surface area contributed by atoms with Gasteiger partial charge in [-0.1, -0.05) is 55.3 Å². The summed E-state index contributed by atoms with van der Waals surface area (Å²) in [7, 11) is 0. The van der Waals surface area contributed by atoms with Gasteiger partial charge in [-0.2, -0.15) is 5.10 Å². The largest absolute Gasteiger partial charge is 0.486 e. The van der Waals surface area contributed by atoms with Crippen LogP contribution < -0.4 is 10.1 Å². The molecule has 0 saturated carbocycles. The molecular weight excluding hydrogens is 506 g/mol. The van der Waals surface area contributed by atoms with Crippen LogP contribution in [0.25, 0.3) is 0 Å². The lowest BCUT2D eigenvalue weighted by Gasteiger charge is -2.05. The molecular formula is C25H23BrClN3O3. The first-order valence-electron chi connectivity index (χ1n) is 10.6. The number of nitrogens with one attached hydrogen (secondary N) is 1. The van der Waals surface area contributed by atoms with Crippen LogP contribution in [0.5, 0.6) is 5.75 Å². The summed E-state index contributed by atoms with van der Waals surface area (Å²) in [6.45, 7) is 2.87. The van der Waals surface area contributed by atoms with Crippen molar-refractivity contribution in [2.24, 2.45) is 0 Å². The van der Waals surface area contributed by atoms with E-state index in [-0.39, 0.29) is 12.4 Å². The van der Waals surface area contributed by atoms with Crippen LogP contribution in [0.2, 0.25) is 5.02 Å². The molecule has 0 unspecified atom stereocenters. The van der Waals surface area contributed by atoms with Crippen molar-refractivity contribution in [3.05, 3.63) is 99.0 Å². The molecule has 1 amide bonds. The normalized spacial score (nSPS) is 10.9. The van der Waals surface area contributed by atoms with E-state index in [0.717, 1.165) is 24.2 Å². The maximum Gasteiger partial charge on any atom is 0.292 e. The first-order chi connectivity index (χ1) is 16.0. The number of benzene rings is 2. The number of aryl methyl sites for hydroxylation is 1. The van der Waals surface area contributed by atoms with Gasteiger partial charge in [0.1, 0.15) is 18.1 Å². The van der Waals surface area contributed by atoms with Crippen molar-refractivity contribution in [1.82, 2.24) is 9.78 Å². The van der Waals surface area contributed by atoms with Gasteiger partial charge in [0.2, 0.25) is 0 Å². The Morgan fingerprint density at radius 1 is 1.15 bits per heavy atom. The van der Waals surface area contributed by atoms with Gasteiger partial charge in [-0.15, -0.1) is 0 Å². The molecule has 0 spiro atoms. The third-order valence-corrected chi connectivity index (χ3v) is 5.92. The van der Waals surface area contributed by atoms with Crippen LogP contribution in [0.3, 0.4) is 0 Å². The lowest BCUT2D eigenvalue weighted by atomic mass is 10.1. The Morgan fingerprint density at radius 3 is 2.70 bits per heavy atom. The molecule has 0 bridgehead atoms. The van der Waals surface area contributed by atoms with Crippen molar-refractivity contribution in [2.45, 2.75) is 32.9 Å². The smallest absolute Gasteiger partial charge is 0.292 e. The van der Waals surface area contributed by atoms with E-state index >= 15 is 0 Å². The van der Waals surface area contributed by atoms with Crippen LogP contribution in [-0.2, 0) is 19.6 Å². The molecule has 6 nitrogen and oxygen atoms in total. The van der Waals surface area contributed by atoms with Gasteiger partial charge >= 0.3 is 0 Å². The molecule has 2 aromatic carbocycles. The van der Waals surface area contributed by atoms with E-state index in [1.165, 1.54) is 5.56 Å². The fourth-order valence-corrected chi connectivity index (χ4v) is 3.92. The summed E-state index contributed by atoms with van der Waals surface area (Å²) in [5.74, 6) is 1.49. The second-order valence-electron chi connectivity index (χ2n) is 7.52. The fraction of sp³-hybridized carbons (Fsp3) is 0.200. The first-order valence-corrected chi connectivity index (χ1v) is 11.8. The summed E-state index contributed by atoms with van der Waals surface area (Å²) >= 11 is 9.67. The molecule has 0 fully saturated rings. The van der Waals surface area contributed by atoms with Crippen molar-refractivity contribution in [3.8, 4) is 5.75 Å². The molecule has 2 aromatic heterocycles. The number of aromatic nitrogens is 2. The average Bonchev–Trinajstić information content (AvgIpc) is 3.42. The molecule has 1 N–H and O–H groups in total. The molecule has 0 atom stereocenters. The second kappa shape index (κ2) is 10.7. The Kier molecular flexibility index (Phi) is 7.52. The van der Waals surface area contributed by atoms with Gasteiger partial charge in [-0.3, -0.25) is 9.48 Å². The highest BCUT2D eigenvalue weighted by Crippen LogP contribution is 2.24. The number of carbonyl (C=O) groups excluding carboxylic acids is 1. The van der Waals surface area contributed by atoms with Gasteiger partial charge in [0.05, 0.1) is 11.0 Å². The molecule has 0 aliphatic rings. The van der Waals surface area contributed by atoms with Gasteiger partial charge in [0, 0.05) is 11.2 Å². The van der Waals surface area contributed by atoms with E-state index in [1.54, 1.807) is 23.0 Å². The van der Waals surface area contributed by atoms with Gasteiger partial charge in [0.25, 0.3) is 5.91 Å². The highest BCUT2D eigenvalue weighted by atomic mass is 79.9. The summed E-state index contributed by atoms with van der Waals surface area (Å²) < 4.78 is 13.8. The second-order valence-corrected chi connectivity index (χ2v) is 8.78. The summed E-state index contributed by atoms with van der Waals surface area (Å²) in [5, 5.41) is 7.86. The average molecular weight is 529 g/mol. The minimum atomic E-state index is -0.395. The highest BCUT2D eigenvalue weighted by Gasteiger charge is 2.16. The number of nitrogens with zero attached hydrogens (tertiary/aromatic N) is 2. The molecule has 0 aliphatic heterocycles. The summed E-state index contributed by atoms with van der Waals surface area (Å²) in [6, 6.07) is 18.9. The summed E-state index contributed by atoms with van der Waals surface area (Å²) in [5.41, 5.74) is 2.21. The van der Waals surface area contributed by atoms with Crippen LogP contribution in [-0.4, -0.2) is 15.7 Å². The molecule has 2 heterocycles. The minimum absolute atomic E-state index is 0.180. The number of hydrogen-bond donors (Lipinski definition) is 1. The number of anilines is 1. The van der Waals surface area contributed by atoms with Crippen LogP contribution in [0.15, 0.2) is 75.8 Å². The van der Waals surface area contributed by atoms with Gasteiger partial charge < -0.3 is 14.5 Å². The van der Waals surface area contributed by atoms with Crippen LogP contribution >= 0.6 is 27.5 Å². The zero-order valence-electron chi connectivity index (χ0n) is 18.1. The maximum atomic E-state index is 12.6. The van der Waals surface area contributed by atoms with Crippen LogP contribution in [0, 0.1) is 0 Å². The van der Waals surface area contributed by atoms with E-state index < -0.39 is 5.91 Å². The lowest BCUT2D eigenvalue weighted by molar-refractivity contribution is 0.0992. The number of rotatable bonds is 9. The fourth-order valence-electron chi connectivity index (χ4n) is 3.31. The zero-order valence-corrected chi connectivity index (χ0v) is 20.4. The molecule has 4 aromatic rings. The van der Waals surface area contributed by atoms with E-state index in [2.05, 4.69) is 45.4 Å². The molecule has 170 valence electrons. The SMILES string of the molecule is CCCc1ccc(OCc2ccc(C(=O)Nc3nn(Cc4ccccc4Cl)cc3Br)o2)cc1. The third-order valence-electron chi connectivity index (χ3n) is 4.97. The monoisotopic (exact) mass is 527 g/mol. The van der Waals surface area contributed by atoms with Crippen molar-refractivity contribution >= 4 is 39.3 Å². The van der Waals surface area contributed by atoms with Crippen molar-refractivity contribution in [2.75, 3.05) is 5.32 Å². The van der Waals surface area contributed by atoms with Crippen molar-refractivity contribution < 1.29 is 13.9 Å². The van der Waals surface area contributed by atoms with Crippen molar-refractivity contribution in [1.29, 1.82) is 0 Å². The summed E-state index contributed by atoms with van der Waals surface area (Å²) in [6.07, 6.45) is 3.94. The predicted molar refractivity (Wildman–Crippen MR) is 132 cm³/mol. The van der Waals surface area contributed by atoms with Crippen molar-refractivity contribution in [3.63, 3.8) is 0 Å². The minimum Gasteiger partial charge on any atom is -0.486 e. The van der Waals surface area contributed by atoms with Gasteiger partial charge in [0.15, 0.2) is 11.6 Å². The van der Waals surface area contributed by atoms with E-state index in [4.69, 9.17) is 20.8 Å². The Morgan fingerprint density at radius 2 is 1.94 bits per heavy atom. The van der Waals surface area contributed by atoms with Gasteiger partial charge in [-0.05, 0) is 63.8 Å². The Bertz CT molecular complexity index is 1230. The molecule has 0 aliphatic carbocycles. The standard InChI is InChI=1S/C25H23BrClN3O3/c1-2-5-17-8-10-19(11-9-17)32-16-20-12-13-23(33-20)25(31)28-24-21(26)15-30(29-24)14-18-6-3-4-7-22(18)27/h3-4,6-13,15H,2,5,14,16H2,1H3,(H,28,29,31). The molecule has 8 heteroatoms. The predicted octanol–water partition coefficient (Wildman–Crippen LogP) is 6.72. The number of hydrogen-bond acceptors (Lipinski definition) is 4. The third kappa shape index (κ3) is 6.06. The van der Waals surface area contributed by atoms with E-state index in [1.807, 2.05) is 36.4 Å². The molecule has 0 saturated heterocycles. The lowest BCUT2D eigenvalue weighted by Crippen LogP contribution is -2.12. The molecule has 4 rings (SSSR count). The first kappa shape index (κ1) is 23.1. The van der Waals surface area contributed by atoms with Gasteiger partial charge in [-0.25, -0.2) is 0 Å². The number of amides is 1. The topological polar surface area (TPSA) is 69.3 Å². The maximum absolute atomic E-state index is 12.6. The molecule has 0 radical (unpaired) electrons. The number of furan rings is 1. The molecule has 33 heavy (non-hydrogen) atoms. The zero-order chi connectivity index (χ0) is 23.2. The summed E-state index contributed by atoms with van der Waals surface area (Å²) in [4.78, 5) is 12.6. The Hall–Kier alpha value is -3.03. The van der Waals surface area contributed by atoms with E-state index in [9.17, 15) is 4.79 Å². The van der Waals surface area contributed by atoms with Crippen LogP contribution in [0.4, 0.5) is 5.82 Å². The van der Waals surface area contributed by atoms with E-state index in [0.29, 0.717) is 27.6 Å². The highest BCUT2D eigenvalue weighted by molar-refractivity contribution is 9.10. The Balaban J connectivity index is 1.35. The Labute approximate surface area is 205 Å². The number of ether oxygens (including phenoxy) is 1. The van der Waals surface area contributed by atoms with Crippen LogP contribution in [0.1, 0.15) is 40.8 Å². The quantitative estimate of drug-likeness (QED) is 0.262. The number of halogens is 2.